The van der Waals surface area contributed by atoms with Crippen LogP contribution in [0.1, 0.15) is 0 Å². The van der Waals surface area contributed by atoms with Crippen molar-refractivity contribution in [2.45, 2.75) is 6.10 Å². The Balaban J connectivity index is 2.38. The summed E-state index contributed by atoms with van der Waals surface area (Å²) in [6.45, 7) is 0. The second-order valence-corrected chi connectivity index (χ2v) is 3.68. The normalized spacial score (nSPS) is 18.7. The Bertz CT molecular complexity index is 449. The highest BCUT2D eigenvalue weighted by atomic mass is 79.9. The number of rotatable bonds is 1. The number of halogens is 1. The summed E-state index contributed by atoms with van der Waals surface area (Å²) in [6.07, 6.45) is -1.29. The average Bonchev–Trinajstić information content (AvgIpc) is 2.15. The van der Waals surface area contributed by atoms with Gasteiger partial charge in [-0.2, -0.15) is 0 Å². The van der Waals surface area contributed by atoms with Gasteiger partial charge in [0.25, 0.3) is 17.9 Å². The number of pyridine rings is 1. The topological polar surface area (TPSA) is 94.3 Å². The number of anilines is 1. The highest BCUT2D eigenvalue weighted by Gasteiger charge is 2.32. The van der Waals surface area contributed by atoms with Gasteiger partial charge >= 0.3 is 0 Å². The highest BCUT2D eigenvalue weighted by molar-refractivity contribution is 9.10. The minimum Gasteiger partial charge on any atom is -0.467 e. The van der Waals surface area contributed by atoms with Crippen LogP contribution in [0.15, 0.2) is 16.7 Å². The summed E-state index contributed by atoms with van der Waals surface area (Å²) in [5, 5.41) is 2.43. The molecule has 3 N–H and O–H groups in total. The number of nitrogens with two attached hydrogens (primary N) is 1. The number of carbonyl (C=O) groups excluding carboxylic acids is 2. The van der Waals surface area contributed by atoms with E-state index in [1.807, 2.05) is 0 Å². The van der Waals surface area contributed by atoms with E-state index in [0.717, 1.165) is 0 Å². The highest BCUT2D eigenvalue weighted by Crippen LogP contribution is 2.28. The molecular formula is C8H6BrN3O3. The zero-order chi connectivity index (χ0) is 11.0. The zero-order valence-electron chi connectivity index (χ0n) is 7.36. The zero-order valence-corrected chi connectivity index (χ0v) is 8.95. The van der Waals surface area contributed by atoms with E-state index in [2.05, 4.69) is 26.2 Å². The number of primary amides is 1. The maximum absolute atomic E-state index is 11.3. The summed E-state index contributed by atoms with van der Waals surface area (Å²) in [4.78, 5) is 26.1. The molecule has 0 spiro atoms. The van der Waals surface area contributed by atoms with E-state index >= 15 is 0 Å². The lowest BCUT2D eigenvalue weighted by Crippen LogP contribution is -2.46. The van der Waals surface area contributed by atoms with Crippen molar-refractivity contribution in [3.63, 3.8) is 0 Å². The van der Waals surface area contributed by atoms with Crippen LogP contribution in [0.3, 0.4) is 0 Å². The van der Waals surface area contributed by atoms with Crippen LogP contribution in [0.2, 0.25) is 0 Å². The molecule has 15 heavy (non-hydrogen) atoms. The molecule has 0 radical (unpaired) electrons. The van der Waals surface area contributed by atoms with Crippen LogP contribution in [0.5, 0.6) is 5.75 Å². The predicted octanol–water partition coefficient (Wildman–Crippen LogP) is 0.0289. The standard InChI is InChI=1S/C8H6BrN3O3/c9-4-2-1-3-7(11-4)12-8(14)5(15-3)6(10)13/h1-2,5H,(H2,10,13)(H,11,12,14). The van der Waals surface area contributed by atoms with E-state index in [0.29, 0.717) is 10.4 Å². The first kappa shape index (κ1) is 9.91. The number of amides is 2. The molecule has 1 aliphatic heterocycles. The van der Waals surface area contributed by atoms with Gasteiger partial charge in [-0.05, 0) is 28.1 Å². The number of hydrogen-bond acceptors (Lipinski definition) is 4. The van der Waals surface area contributed by atoms with Crippen LogP contribution in [-0.2, 0) is 9.59 Å². The number of aromatic nitrogens is 1. The Morgan fingerprint density at radius 1 is 1.60 bits per heavy atom. The molecule has 1 aromatic rings. The first-order valence-corrected chi connectivity index (χ1v) is 4.80. The average molecular weight is 272 g/mol. The van der Waals surface area contributed by atoms with Crippen LogP contribution in [0, 0.1) is 0 Å². The number of ether oxygens (including phenoxy) is 1. The fraction of sp³-hybridized carbons (Fsp3) is 0.125. The minimum absolute atomic E-state index is 0.270. The van der Waals surface area contributed by atoms with E-state index in [1.165, 1.54) is 0 Å². The summed E-state index contributed by atoms with van der Waals surface area (Å²) in [6, 6.07) is 3.22. The molecular weight excluding hydrogens is 266 g/mol. The lowest BCUT2D eigenvalue weighted by Gasteiger charge is -2.22. The van der Waals surface area contributed by atoms with E-state index in [4.69, 9.17) is 10.5 Å². The minimum atomic E-state index is -1.29. The molecule has 2 rings (SSSR count). The van der Waals surface area contributed by atoms with E-state index < -0.39 is 17.9 Å². The van der Waals surface area contributed by atoms with Gasteiger partial charge in [0.15, 0.2) is 11.6 Å². The van der Waals surface area contributed by atoms with E-state index in [-0.39, 0.29) is 5.82 Å². The van der Waals surface area contributed by atoms with Crippen LogP contribution >= 0.6 is 15.9 Å². The van der Waals surface area contributed by atoms with Gasteiger partial charge in [-0.3, -0.25) is 9.59 Å². The Morgan fingerprint density at radius 2 is 2.33 bits per heavy atom. The Hall–Kier alpha value is -1.63. The molecule has 7 heteroatoms. The molecule has 0 saturated heterocycles. The lowest BCUT2D eigenvalue weighted by molar-refractivity contribution is -0.135. The number of carbonyl (C=O) groups is 2. The molecule has 0 saturated carbocycles. The van der Waals surface area contributed by atoms with Crippen molar-refractivity contribution < 1.29 is 14.3 Å². The van der Waals surface area contributed by atoms with Crippen LogP contribution in [0.4, 0.5) is 5.82 Å². The number of fused-ring (bicyclic) bond motifs is 1. The second kappa shape index (κ2) is 3.50. The van der Waals surface area contributed by atoms with Crippen molar-refractivity contribution in [3.05, 3.63) is 16.7 Å². The maximum atomic E-state index is 11.3. The summed E-state index contributed by atoms with van der Waals surface area (Å²) in [5.41, 5.74) is 4.99. The molecule has 2 heterocycles. The van der Waals surface area contributed by atoms with E-state index in [1.54, 1.807) is 12.1 Å². The maximum Gasteiger partial charge on any atom is 0.276 e. The van der Waals surface area contributed by atoms with Gasteiger partial charge in [-0.15, -0.1) is 0 Å². The molecule has 1 aromatic heterocycles. The van der Waals surface area contributed by atoms with E-state index in [9.17, 15) is 9.59 Å². The fourth-order valence-electron chi connectivity index (χ4n) is 1.16. The molecule has 0 fully saturated rings. The molecule has 2 amide bonds. The molecule has 6 nitrogen and oxygen atoms in total. The summed E-state index contributed by atoms with van der Waals surface area (Å²) < 4.78 is 5.65. The smallest absolute Gasteiger partial charge is 0.276 e. The van der Waals surface area contributed by atoms with Crippen molar-refractivity contribution in [1.82, 2.24) is 4.98 Å². The number of nitrogens with zero attached hydrogens (tertiary/aromatic N) is 1. The molecule has 1 atom stereocenters. The Morgan fingerprint density at radius 3 is 3.00 bits per heavy atom. The first-order chi connectivity index (χ1) is 7.08. The quantitative estimate of drug-likeness (QED) is 0.557. The summed E-state index contributed by atoms with van der Waals surface area (Å²) in [5.74, 6) is -0.852. The molecule has 78 valence electrons. The molecule has 0 bridgehead atoms. The van der Waals surface area contributed by atoms with Crippen LogP contribution in [-0.4, -0.2) is 22.9 Å². The second-order valence-electron chi connectivity index (χ2n) is 2.87. The van der Waals surface area contributed by atoms with Crippen molar-refractivity contribution in [1.29, 1.82) is 0 Å². The van der Waals surface area contributed by atoms with Gasteiger partial charge < -0.3 is 15.8 Å². The molecule has 1 unspecified atom stereocenters. The van der Waals surface area contributed by atoms with Crippen molar-refractivity contribution >= 4 is 33.6 Å². The lowest BCUT2D eigenvalue weighted by atomic mass is 10.2. The van der Waals surface area contributed by atoms with Gasteiger partial charge in [-0.1, -0.05) is 0 Å². The summed E-state index contributed by atoms with van der Waals surface area (Å²) >= 11 is 3.14. The molecule has 0 aliphatic carbocycles. The SMILES string of the molecule is NC(=O)C1Oc2ccc(Br)nc2NC1=O. The largest absolute Gasteiger partial charge is 0.467 e. The third-order valence-electron chi connectivity index (χ3n) is 1.81. The van der Waals surface area contributed by atoms with Gasteiger partial charge in [0, 0.05) is 0 Å². The predicted molar refractivity (Wildman–Crippen MR) is 54.2 cm³/mol. The van der Waals surface area contributed by atoms with Crippen molar-refractivity contribution in [3.8, 4) is 5.75 Å². The third kappa shape index (κ3) is 1.78. The first-order valence-electron chi connectivity index (χ1n) is 4.01. The third-order valence-corrected chi connectivity index (χ3v) is 2.25. The summed E-state index contributed by atoms with van der Waals surface area (Å²) in [7, 11) is 0. The van der Waals surface area contributed by atoms with Crippen molar-refractivity contribution in [2.24, 2.45) is 5.73 Å². The Kier molecular flexibility index (Phi) is 2.31. The van der Waals surface area contributed by atoms with Gasteiger partial charge in [0.05, 0.1) is 0 Å². The van der Waals surface area contributed by atoms with Crippen molar-refractivity contribution in [2.75, 3.05) is 5.32 Å². The Labute approximate surface area is 92.9 Å². The van der Waals surface area contributed by atoms with Gasteiger partial charge in [0.2, 0.25) is 0 Å². The van der Waals surface area contributed by atoms with Crippen LogP contribution in [0.25, 0.3) is 0 Å². The van der Waals surface area contributed by atoms with Gasteiger partial charge in [0.1, 0.15) is 4.60 Å². The fourth-order valence-corrected chi connectivity index (χ4v) is 1.47. The van der Waals surface area contributed by atoms with Crippen LogP contribution < -0.4 is 15.8 Å². The molecule has 0 aromatic carbocycles. The molecule has 1 aliphatic rings. The number of nitrogens with one attached hydrogen (secondary N) is 1. The van der Waals surface area contributed by atoms with Gasteiger partial charge in [-0.25, -0.2) is 4.98 Å². The number of hydrogen-bond donors (Lipinski definition) is 2. The monoisotopic (exact) mass is 271 g/mol.